The Labute approximate surface area is 156 Å². The van der Waals surface area contributed by atoms with Gasteiger partial charge in [0.1, 0.15) is 17.5 Å². The van der Waals surface area contributed by atoms with Crippen LogP contribution in [0.15, 0.2) is 65.5 Å². The molecule has 6 N–H and O–H groups in total. The summed E-state index contributed by atoms with van der Waals surface area (Å²) in [5.74, 6) is 5.54. The molecule has 2 aromatic carbocycles. The first-order valence-corrected chi connectivity index (χ1v) is 8.34. The Balaban J connectivity index is 1.94. The molecule has 2 aromatic rings. The van der Waals surface area contributed by atoms with E-state index >= 15 is 0 Å². The maximum atomic E-state index is 13.9. The summed E-state index contributed by atoms with van der Waals surface area (Å²) in [6.07, 6.45) is 1.81. The average molecular weight is 366 g/mol. The molecule has 0 fully saturated rings. The summed E-state index contributed by atoms with van der Waals surface area (Å²) in [5.41, 5.74) is 21.0. The molecular formula is C21H20F2N4. The number of nitrogens with zero attached hydrogens (tertiary/aromatic N) is 1. The minimum absolute atomic E-state index is 0.227. The predicted octanol–water partition coefficient (Wildman–Crippen LogP) is 2.64. The molecule has 0 aromatic heterocycles. The molecule has 0 amide bonds. The lowest BCUT2D eigenvalue weighted by Gasteiger charge is -2.29. The van der Waals surface area contributed by atoms with Crippen molar-refractivity contribution in [3.05, 3.63) is 88.3 Å². The highest BCUT2D eigenvalue weighted by molar-refractivity contribution is 5.52. The summed E-state index contributed by atoms with van der Waals surface area (Å²) in [6.45, 7) is 0.475. The number of nitrogens with two attached hydrogens (primary N) is 3. The number of anilines is 1. The van der Waals surface area contributed by atoms with Crippen molar-refractivity contribution in [1.82, 2.24) is 4.90 Å². The highest BCUT2D eigenvalue weighted by Gasteiger charge is 2.21. The first kappa shape index (κ1) is 18.5. The van der Waals surface area contributed by atoms with Gasteiger partial charge in [-0.15, -0.1) is 0 Å². The van der Waals surface area contributed by atoms with Gasteiger partial charge in [0.2, 0.25) is 0 Å². The fraction of sp³-hybridized carbons (Fsp3) is 0.143. The third-order valence-corrected chi connectivity index (χ3v) is 4.36. The molecule has 138 valence electrons. The topological polar surface area (TPSA) is 81.3 Å². The monoisotopic (exact) mass is 366 g/mol. The second-order valence-corrected chi connectivity index (χ2v) is 6.38. The lowest BCUT2D eigenvalue weighted by molar-refractivity contribution is 0.435. The van der Waals surface area contributed by atoms with Crippen LogP contribution in [0.25, 0.3) is 0 Å². The SMILES string of the molecule is CN1CC(C#Cc2cc(N)ccc2F)=CC(C(N)c2ccc(F)cc2)=C1N. The number of hydrogen-bond donors (Lipinski definition) is 3. The molecule has 6 heteroatoms. The van der Waals surface area contributed by atoms with Crippen molar-refractivity contribution in [2.24, 2.45) is 11.5 Å². The highest BCUT2D eigenvalue weighted by Crippen LogP contribution is 2.27. The second-order valence-electron chi connectivity index (χ2n) is 6.38. The molecule has 1 aliphatic rings. The highest BCUT2D eigenvalue weighted by atomic mass is 19.1. The van der Waals surface area contributed by atoms with Crippen molar-refractivity contribution >= 4 is 5.69 Å². The third kappa shape index (κ3) is 4.10. The molecule has 3 rings (SSSR count). The molecule has 4 nitrogen and oxygen atoms in total. The average Bonchev–Trinajstić information content (AvgIpc) is 2.65. The number of benzene rings is 2. The lowest BCUT2D eigenvalue weighted by Crippen LogP contribution is -2.32. The minimum Gasteiger partial charge on any atom is -0.399 e. The Morgan fingerprint density at radius 3 is 2.44 bits per heavy atom. The molecule has 1 heterocycles. The van der Waals surface area contributed by atoms with Crippen molar-refractivity contribution in [2.45, 2.75) is 6.04 Å². The predicted molar refractivity (Wildman–Crippen MR) is 103 cm³/mol. The first-order chi connectivity index (χ1) is 12.8. The lowest BCUT2D eigenvalue weighted by atomic mass is 9.95. The molecule has 1 atom stereocenters. The number of halogens is 2. The fourth-order valence-corrected chi connectivity index (χ4v) is 2.83. The van der Waals surface area contributed by atoms with Crippen LogP contribution in [0.5, 0.6) is 0 Å². The van der Waals surface area contributed by atoms with E-state index in [1.807, 2.05) is 11.9 Å². The van der Waals surface area contributed by atoms with E-state index in [1.165, 1.54) is 30.3 Å². The van der Waals surface area contributed by atoms with E-state index in [-0.39, 0.29) is 11.4 Å². The molecule has 27 heavy (non-hydrogen) atoms. The van der Waals surface area contributed by atoms with Crippen LogP contribution in [0.3, 0.4) is 0 Å². The Hall–Kier alpha value is -3.30. The standard InChI is InChI=1S/C21H20F2N4/c1-27-12-13(2-3-15-11-17(24)8-9-19(15)23)10-18(21(27)26)20(25)14-4-6-16(22)7-5-14/h4-11,20H,12,24-26H2,1H3. The van der Waals surface area contributed by atoms with Gasteiger partial charge in [-0.05, 0) is 42.0 Å². The molecule has 1 unspecified atom stereocenters. The second kappa shape index (κ2) is 7.52. The van der Waals surface area contributed by atoms with E-state index < -0.39 is 11.9 Å². The number of nitrogen functional groups attached to an aromatic ring is 1. The van der Waals surface area contributed by atoms with Crippen LogP contribution >= 0.6 is 0 Å². The van der Waals surface area contributed by atoms with Crippen molar-refractivity contribution < 1.29 is 8.78 Å². The normalized spacial score (nSPS) is 15.1. The van der Waals surface area contributed by atoms with Gasteiger partial charge in [-0.1, -0.05) is 24.0 Å². The van der Waals surface area contributed by atoms with Crippen molar-refractivity contribution in [2.75, 3.05) is 19.3 Å². The summed E-state index contributed by atoms with van der Waals surface area (Å²) in [4.78, 5) is 1.82. The van der Waals surface area contributed by atoms with Gasteiger partial charge < -0.3 is 22.1 Å². The number of rotatable bonds is 2. The van der Waals surface area contributed by atoms with Crippen LogP contribution in [0.4, 0.5) is 14.5 Å². The molecule has 0 aliphatic carbocycles. The van der Waals surface area contributed by atoms with Gasteiger partial charge >= 0.3 is 0 Å². The zero-order valence-electron chi connectivity index (χ0n) is 14.8. The van der Waals surface area contributed by atoms with Gasteiger partial charge in [0, 0.05) is 23.9 Å². The van der Waals surface area contributed by atoms with E-state index in [1.54, 1.807) is 18.2 Å². The first-order valence-electron chi connectivity index (χ1n) is 8.34. The Morgan fingerprint density at radius 1 is 1.04 bits per heavy atom. The molecule has 1 aliphatic heterocycles. The molecular weight excluding hydrogens is 346 g/mol. The van der Waals surface area contributed by atoms with Gasteiger partial charge in [0.15, 0.2) is 0 Å². The zero-order valence-corrected chi connectivity index (χ0v) is 14.8. The summed E-state index contributed by atoms with van der Waals surface area (Å²) in [7, 11) is 1.82. The van der Waals surface area contributed by atoms with Crippen LogP contribution in [0.2, 0.25) is 0 Å². The van der Waals surface area contributed by atoms with Gasteiger partial charge in [-0.2, -0.15) is 0 Å². The number of likely N-dealkylation sites (N-methyl/N-ethyl adjacent to an activating group) is 1. The smallest absolute Gasteiger partial charge is 0.138 e. The van der Waals surface area contributed by atoms with Crippen LogP contribution in [-0.2, 0) is 0 Å². The van der Waals surface area contributed by atoms with Crippen molar-refractivity contribution in [1.29, 1.82) is 0 Å². The van der Waals surface area contributed by atoms with Gasteiger partial charge in [0.25, 0.3) is 0 Å². The largest absolute Gasteiger partial charge is 0.399 e. The van der Waals surface area contributed by atoms with Crippen LogP contribution < -0.4 is 17.2 Å². The minimum atomic E-state index is -0.533. The summed E-state index contributed by atoms with van der Waals surface area (Å²) in [5, 5.41) is 0. The Bertz CT molecular complexity index is 981. The van der Waals surface area contributed by atoms with Crippen LogP contribution in [0.1, 0.15) is 17.2 Å². The molecule has 0 spiro atoms. The molecule has 0 radical (unpaired) electrons. The van der Waals surface area contributed by atoms with E-state index in [4.69, 9.17) is 17.2 Å². The Morgan fingerprint density at radius 2 is 1.74 bits per heavy atom. The van der Waals surface area contributed by atoms with E-state index in [9.17, 15) is 8.78 Å². The summed E-state index contributed by atoms with van der Waals surface area (Å²) in [6, 6.07) is 9.68. The molecule has 0 saturated heterocycles. The maximum absolute atomic E-state index is 13.9. The molecule has 0 bridgehead atoms. The van der Waals surface area contributed by atoms with Crippen LogP contribution in [-0.4, -0.2) is 18.5 Å². The summed E-state index contributed by atoms with van der Waals surface area (Å²) >= 11 is 0. The summed E-state index contributed by atoms with van der Waals surface area (Å²) < 4.78 is 27.0. The molecule has 0 saturated carbocycles. The fourth-order valence-electron chi connectivity index (χ4n) is 2.83. The van der Waals surface area contributed by atoms with Gasteiger partial charge in [0.05, 0.1) is 18.2 Å². The zero-order chi connectivity index (χ0) is 19.6. The van der Waals surface area contributed by atoms with Crippen molar-refractivity contribution in [3.8, 4) is 11.8 Å². The maximum Gasteiger partial charge on any atom is 0.138 e. The number of hydrogen-bond acceptors (Lipinski definition) is 4. The van der Waals surface area contributed by atoms with E-state index in [0.717, 1.165) is 11.1 Å². The van der Waals surface area contributed by atoms with Gasteiger partial charge in [-0.25, -0.2) is 8.78 Å². The van der Waals surface area contributed by atoms with Crippen LogP contribution in [0, 0.1) is 23.5 Å². The van der Waals surface area contributed by atoms with E-state index in [2.05, 4.69) is 11.8 Å². The third-order valence-electron chi connectivity index (χ3n) is 4.36. The quantitative estimate of drug-likeness (QED) is 0.564. The Kier molecular flexibility index (Phi) is 5.15. The van der Waals surface area contributed by atoms with Gasteiger partial charge in [-0.3, -0.25) is 0 Å². The van der Waals surface area contributed by atoms with Crippen molar-refractivity contribution in [3.63, 3.8) is 0 Å². The van der Waals surface area contributed by atoms with E-state index in [0.29, 0.717) is 23.6 Å².